The summed E-state index contributed by atoms with van der Waals surface area (Å²) in [4.78, 5) is 1.20. The van der Waals surface area contributed by atoms with Crippen molar-refractivity contribution in [3.05, 3.63) is 59.2 Å². The van der Waals surface area contributed by atoms with Crippen molar-refractivity contribution in [1.29, 1.82) is 0 Å². The highest BCUT2D eigenvalue weighted by Crippen LogP contribution is 2.30. The summed E-state index contributed by atoms with van der Waals surface area (Å²) in [5.74, 6) is 1.53. The molecule has 2 aromatic carbocycles. The lowest BCUT2D eigenvalue weighted by atomic mass is 10.1. The van der Waals surface area contributed by atoms with E-state index in [4.69, 9.17) is 4.74 Å². The number of rotatable bonds is 5. The van der Waals surface area contributed by atoms with Crippen molar-refractivity contribution in [2.75, 3.05) is 7.11 Å². The summed E-state index contributed by atoms with van der Waals surface area (Å²) in [6.07, 6.45) is 0. The van der Waals surface area contributed by atoms with Crippen LogP contribution in [0.5, 0.6) is 5.75 Å². The first-order valence-electron chi connectivity index (χ1n) is 6.69. The van der Waals surface area contributed by atoms with Crippen molar-refractivity contribution < 1.29 is 4.74 Å². The van der Waals surface area contributed by atoms with Crippen LogP contribution in [0.2, 0.25) is 0 Å². The quantitative estimate of drug-likeness (QED) is 0.617. The van der Waals surface area contributed by atoms with E-state index in [0.717, 1.165) is 21.6 Å². The van der Waals surface area contributed by atoms with Gasteiger partial charge < -0.3 is 4.74 Å². The molecule has 0 aliphatic heterocycles. The van der Waals surface area contributed by atoms with Crippen LogP contribution in [-0.2, 0) is 5.88 Å². The number of nitrogens with zero attached hydrogens (tertiary/aromatic N) is 3. The van der Waals surface area contributed by atoms with Crippen LogP contribution >= 0.6 is 27.7 Å². The molecule has 0 aliphatic rings. The minimum Gasteiger partial charge on any atom is -0.497 e. The van der Waals surface area contributed by atoms with Crippen LogP contribution in [0, 0.1) is 0 Å². The van der Waals surface area contributed by atoms with Crippen LogP contribution in [0.3, 0.4) is 0 Å². The number of aromatic nitrogens is 3. The summed E-state index contributed by atoms with van der Waals surface area (Å²) in [5.41, 5.74) is 2.01. The van der Waals surface area contributed by atoms with E-state index in [9.17, 15) is 0 Å². The number of hydrogen-bond donors (Lipinski definition) is 0. The summed E-state index contributed by atoms with van der Waals surface area (Å²) in [6.45, 7) is 0. The van der Waals surface area contributed by atoms with Crippen LogP contribution in [0.4, 0.5) is 0 Å². The largest absolute Gasteiger partial charge is 0.497 e. The molecule has 3 aromatic rings. The highest BCUT2D eigenvalue weighted by Gasteiger charge is 2.13. The summed E-state index contributed by atoms with van der Waals surface area (Å²) >= 11 is 5.20. The maximum absolute atomic E-state index is 5.20. The molecule has 0 amide bonds. The summed E-state index contributed by atoms with van der Waals surface area (Å²) < 4.78 is 7.83. The molecule has 22 heavy (non-hydrogen) atoms. The molecule has 6 heteroatoms. The van der Waals surface area contributed by atoms with Crippen molar-refractivity contribution >= 4 is 27.7 Å². The Kier molecular flexibility index (Phi) is 4.80. The summed E-state index contributed by atoms with van der Waals surface area (Å²) in [7, 11) is 1.66. The van der Waals surface area contributed by atoms with Crippen LogP contribution < -0.4 is 4.74 Å². The van der Waals surface area contributed by atoms with Crippen molar-refractivity contribution in [2.45, 2.75) is 10.8 Å². The third-order valence-corrected chi connectivity index (χ3v) is 4.67. The molecule has 0 saturated heterocycles. The highest BCUT2D eigenvalue weighted by molar-refractivity contribution is 9.10. The number of hydrogen-bond acceptors (Lipinski definition) is 4. The van der Waals surface area contributed by atoms with Crippen LogP contribution in [0.15, 0.2) is 64.1 Å². The van der Waals surface area contributed by atoms with Gasteiger partial charge in [-0.15, -0.1) is 16.9 Å². The molecule has 0 fully saturated rings. The normalized spacial score (nSPS) is 10.6. The fourth-order valence-corrected chi connectivity index (χ4v) is 3.36. The Morgan fingerprint density at radius 2 is 1.82 bits per heavy atom. The maximum Gasteiger partial charge on any atom is 0.156 e. The molecule has 0 saturated carbocycles. The van der Waals surface area contributed by atoms with Crippen molar-refractivity contribution in [1.82, 2.24) is 15.0 Å². The number of halogens is 1. The first kappa shape index (κ1) is 15.1. The smallest absolute Gasteiger partial charge is 0.156 e. The second-order valence-corrected chi connectivity index (χ2v) is 6.31. The Balaban J connectivity index is 1.83. The van der Waals surface area contributed by atoms with Gasteiger partial charge >= 0.3 is 0 Å². The molecular formula is C16H14BrN3OS. The summed E-state index contributed by atoms with van der Waals surface area (Å²) in [5, 5.41) is 8.35. The van der Waals surface area contributed by atoms with Crippen LogP contribution in [-0.4, -0.2) is 22.1 Å². The first-order chi connectivity index (χ1) is 10.8. The first-order valence-corrected chi connectivity index (χ1v) is 8.47. The Bertz CT molecular complexity index is 744. The number of ether oxygens (including phenoxy) is 1. The number of thioether (sulfide) groups is 1. The van der Waals surface area contributed by atoms with Gasteiger partial charge in [0.05, 0.1) is 13.0 Å². The van der Waals surface area contributed by atoms with Gasteiger partial charge in [-0.1, -0.05) is 23.4 Å². The van der Waals surface area contributed by atoms with Gasteiger partial charge in [-0.25, -0.2) is 4.68 Å². The van der Waals surface area contributed by atoms with Crippen molar-refractivity contribution in [2.24, 2.45) is 0 Å². The predicted molar refractivity (Wildman–Crippen MR) is 92.0 cm³/mol. The van der Waals surface area contributed by atoms with Gasteiger partial charge in [0.25, 0.3) is 0 Å². The molecule has 0 atom stereocenters. The third kappa shape index (κ3) is 3.34. The lowest BCUT2D eigenvalue weighted by Gasteiger charge is -2.07. The molecule has 1 heterocycles. The Morgan fingerprint density at radius 1 is 1.09 bits per heavy atom. The average molecular weight is 376 g/mol. The van der Waals surface area contributed by atoms with Gasteiger partial charge in [0, 0.05) is 10.5 Å². The minimum absolute atomic E-state index is 0.698. The number of benzene rings is 2. The van der Waals surface area contributed by atoms with Gasteiger partial charge in [0.15, 0.2) is 4.60 Å². The highest BCUT2D eigenvalue weighted by atomic mass is 79.9. The standard InChI is InChI=1S/C16H14BrN3OS/c1-21-13-9-7-12(8-10-13)15-16(17)18-19-20(15)11-22-14-5-3-2-4-6-14/h2-10H,11H2,1H3. The lowest BCUT2D eigenvalue weighted by molar-refractivity contribution is 0.415. The topological polar surface area (TPSA) is 39.9 Å². The second kappa shape index (κ2) is 6.98. The van der Waals surface area contributed by atoms with E-state index in [1.807, 2.05) is 47.1 Å². The monoisotopic (exact) mass is 375 g/mol. The molecule has 0 N–H and O–H groups in total. The van der Waals surface area contributed by atoms with E-state index in [2.05, 4.69) is 38.4 Å². The van der Waals surface area contributed by atoms with Gasteiger partial charge in [0.2, 0.25) is 0 Å². The van der Waals surface area contributed by atoms with E-state index < -0.39 is 0 Å². The Labute approximate surface area is 141 Å². The molecule has 112 valence electrons. The fraction of sp³-hybridized carbons (Fsp3) is 0.125. The van der Waals surface area contributed by atoms with Gasteiger partial charge in [0.1, 0.15) is 11.4 Å². The lowest BCUT2D eigenvalue weighted by Crippen LogP contribution is -2.00. The molecule has 0 unspecified atom stereocenters. The van der Waals surface area contributed by atoms with Gasteiger partial charge in [-0.3, -0.25) is 0 Å². The Morgan fingerprint density at radius 3 is 2.50 bits per heavy atom. The zero-order chi connectivity index (χ0) is 15.4. The van der Waals surface area contributed by atoms with Gasteiger partial charge in [-0.2, -0.15) is 0 Å². The summed E-state index contributed by atoms with van der Waals surface area (Å²) in [6, 6.07) is 18.1. The number of methoxy groups -OCH3 is 1. The molecule has 4 nitrogen and oxygen atoms in total. The second-order valence-electron chi connectivity index (χ2n) is 4.54. The molecule has 0 aliphatic carbocycles. The third-order valence-electron chi connectivity index (χ3n) is 3.15. The molecule has 0 radical (unpaired) electrons. The minimum atomic E-state index is 0.698. The van der Waals surface area contributed by atoms with Crippen LogP contribution in [0.1, 0.15) is 0 Å². The zero-order valence-corrected chi connectivity index (χ0v) is 14.3. The maximum atomic E-state index is 5.20. The molecule has 0 bridgehead atoms. The molecule has 1 aromatic heterocycles. The van der Waals surface area contributed by atoms with E-state index in [0.29, 0.717) is 5.88 Å². The fourth-order valence-electron chi connectivity index (χ4n) is 2.05. The predicted octanol–water partition coefficient (Wildman–Crippen LogP) is 4.47. The van der Waals surface area contributed by atoms with Crippen LogP contribution in [0.25, 0.3) is 11.3 Å². The van der Waals surface area contributed by atoms with Crippen molar-refractivity contribution in [3.63, 3.8) is 0 Å². The SMILES string of the molecule is COc1ccc(-c2c(Br)nnn2CSc2ccccc2)cc1. The van der Waals surface area contributed by atoms with E-state index in [-0.39, 0.29) is 0 Å². The van der Waals surface area contributed by atoms with Gasteiger partial charge in [-0.05, 0) is 52.3 Å². The van der Waals surface area contributed by atoms with E-state index in [1.54, 1.807) is 18.9 Å². The van der Waals surface area contributed by atoms with E-state index in [1.165, 1.54) is 4.90 Å². The zero-order valence-electron chi connectivity index (χ0n) is 11.9. The van der Waals surface area contributed by atoms with Crippen molar-refractivity contribution in [3.8, 4) is 17.0 Å². The average Bonchev–Trinajstić information content (AvgIpc) is 2.95. The van der Waals surface area contributed by atoms with E-state index >= 15 is 0 Å². The molecule has 0 spiro atoms. The Hall–Kier alpha value is -1.79. The molecular weight excluding hydrogens is 362 g/mol. The molecule has 3 rings (SSSR count).